The Morgan fingerprint density at radius 3 is 2.73 bits per heavy atom. The third kappa shape index (κ3) is 5.18. The number of hydrogen-bond acceptors (Lipinski definition) is 2. The molecule has 0 aliphatic carbocycles. The van der Waals surface area contributed by atoms with Crippen LogP contribution in [0.4, 0.5) is 0 Å². The van der Waals surface area contributed by atoms with Crippen molar-refractivity contribution in [1.82, 2.24) is 5.32 Å². The van der Waals surface area contributed by atoms with Crippen LogP contribution >= 0.6 is 0 Å². The molecule has 0 fully saturated rings. The molecule has 0 heterocycles. The Morgan fingerprint density at radius 2 is 2.07 bits per heavy atom. The lowest BCUT2D eigenvalue weighted by Crippen LogP contribution is -2.24. The molecule has 0 saturated carbocycles. The van der Waals surface area contributed by atoms with Crippen molar-refractivity contribution < 1.29 is 9.53 Å². The molecule has 0 aromatic heterocycles. The van der Waals surface area contributed by atoms with Gasteiger partial charge in [-0.1, -0.05) is 30.3 Å². The molecule has 1 rings (SSSR count). The van der Waals surface area contributed by atoms with Gasteiger partial charge in [0.1, 0.15) is 6.73 Å². The van der Waals surface area contributed by atoms with E-state index in [9.17, 15) is 4.79 Å². The zero-order valence-electron chi connectivity index (χ0n) is 9.03. The summed E-state index contributed by atoms with van der Waals surface area (Å²) in [5.74, 6) is 0.0489. The summed E-state index contributed by atoms with van der Waals surface area (Å²) in [6, 6.07) is 10.2. The minimum Gasteiger partial charge on any atom is -0.364 e. The second kappa shape index (κ2) is 7.01. The average molecular weight is 207 g/mol. The van der Waals surface area contributed by atoms with Gasteiger partial charge in [-0.25, -0.2) is 0 Å². The molecule has 82 valence electrons. The van der Waals surface area contributed by atoms with E-state index < -0.39 is 0 Å². The lowest BCUT2D eigenvalue weighted by molar-refractivity contribution is -0.122. The highest BCUT2D eigenvalue weighted by Gasteiger charge is 1.99. The Balaban J connectivity index is 2.14. The number of carbonyl (C=O) groups excluding carboxylic acids is 1. The summed E-state index contributed by atoms with van der Waals surface area (Å²) in [6.07, 6.45) is 2.37. The van der Waals surface area contributed by atoms with E-state index in [0.29, 0.717) is 13.2 Å². The van der Waals surface area contributed by atoms with Crippen molar-refractivity contribution in [2.24, 2.45) is 0 Å². The van der Waals surface area contributed by atoms with Gasteiger partial charge in [-0.2, -0.15) is 0 Å². The highest BCUT2D eigenvalue weighted by molar-refractivity contribution is 5.75. The zero-order valence-corrected chi connectivity index (χ0v) is 9.03. The molecule has 0 atom stereocenters. The van der Waals surface area contributed by atoms with Crippen LogP contribution in [0.1, 0.15) is 18.4 Å². The molecule has 0 bridgehead atoms. The summed E-state index contributed by atoms with van der Waals surface area (Å²) in [5.41, 5.74) is 1.28. The Kier molecular flexibility index (Phi) is 5.48. The third-order valence-electron chi connectivity index (χ3n) is 2.13. The summed E-state index contributed by atoms with van der Waals surface area (Å²) in [7, 11) is 1.56. The predicted octanol–water partition coefficient (Wildman–Crippen LogP) is 1.73. The van der Waals surface area contributed by atoms with Crippen LogP contribution in [0.3, 0.4) is 0 Å². The minimum atomic E-state index is 0.0489. The van der Waals surface area contributed by atoms with E-state index in [2.05, 4.69) is 17.4 Å². The SMILES string of the molecule is COCNC(=O)CCCc1ccccc1. The Morgan fingerprint density at radius 1 is 1.33 bits per heavy atom. The van der Waals surface area contributed by atoms with Crippen LogP contribution in [0.5, 0.6) is 0 Å². The van der Waals surface area contributed by atoms with Gasteiger partial charge in [-0.3, -0.25) is 4.79 Å². The first-order valence-electron chi connectivity index (χ1n) is 5.12. The fourth-order valence-corrected chi connectivity index (χ4v) is 1.34. The Labute approximate surface area is 90.4 Å². The zero-order chi connectivity index (χ0) is 10.9. The fraction of sp³-hybridized carbons (Fsp3) is 0.417. The van der Waals surface area contributed by atoms with Crippen molar-refractivity contribution in [2.45, 2.75) is 19.3 Å². The first-order chi connectivity index (χ1) is 7.33. The highest BCUT2D eigenvalue weighted by atomic mass is 16.5. The van der Waals surface area contributed by atoms with Gasteiger partial charge in [0.15, 0.2) is 0 Å². The van der Waals surface area contributed by atoms with Crippen molar-refractivity contribution >= 4 is 5.91 Å². The van der Waals surface area contributed by atoms with E-state index in [-0.39, 0.29) is 5.91 Å². The van der Waals surface area contributed by atoms with Crippen LogP contribution in [0.2, 0.25) is 0 Å². The van der Waals surface area contributed by atoms with E-state index in [0.717, 1.165) is 12.8 Å². The number of rotatable bonds is 6. The molecule has 0 aliphatic heterocycles. The largest absolute Gasteiger partial charge is 0.364 e. The molecule has 0 unspecified atom stereocenters. The van der Waals surface area contributed by atoms with E-state index in [1.54, 1.807) is 7.11 Å². The van der Waals surface area contributed by atoms with E-state index in [1.165, 1.54) is 5.56 Å². The monoisotopic (exact) mass is 207 g/mol. The van der Waals surface area contributed by atoms with Crippen molar-refractivity contribution in [3.8, 4) is 0 Å². The van der Waals surface area contributed by atoms with Crippen LogP contribution in [-0.4, -0.2) is 19.7 Å². The number of ether oxygens (including phenoxy) is 1. The first-order valence-corrected chi connectivity index (χ1v) is 5.12. The molecule has 1 aromatic rings. The molecule has 15 heavy (non-hydrogen) atoms. The van der Waals surface area contributed by atoms with Crippen molar-refractivity contribution in [3.63, 3.8) is 0 Å². The van der Waals surface area contributed by atoms with Gasteiger partial charge in [0.25, 0.3) is 0 Å². The first kappa shape index (κ1) is 11.7. The van der Waals surface area contributed by atoms with E-state index in [1.807, 2.05) is 18.2 Å². The quantitative estimate of drug-likeness (QED) is 0.721. The standard InChI is InChI=1S/C12H17NO2/c1-15-10-13-12(14)9-5-8-11-6-3-2-4-7-11/h2-4,6-7H,5,8-10H2,1H3,(H,13,14). The molecule has 0 radical (unpaired) electrons. The summed E-state index contributed by atoms with van der Waals surface area (Å²) in [5, 5.41) is 2.66. The van der Waals surface area contributed by atoms with Crippen LogP contribution < -0.4 is 5.32 Å². The molecule has 1 aromatic carbocycles. The van der Waals surface area contributed by atoms with Crippen LogP contribution in [0.25, 0.3) is 0 Å². The molecule has 0 aliphatic rings. The van der Waals surface area contributed by atoms with Gasteiger partial charge in [0.2, 0.25) is 5.91 Å². The molecule has 3 heteroatoms. The van der Waals surface area contributed by atoms with Crippen molar-refractivity contribution in [2.75, 3.05) is 13.8 Å². The topological polar surface area (TPSA) is 38.3 Å². The van der Waals surface area contributed by atoms with Gasteiger partial charge < -0.3 is 10.1 Å². The fourth-order valence-electron chi connectivity index (χ4n) is 1.34. The van der Waals surface area contributed by atoms with Gasteiger partial charge in [-0.15, -0.1) is 0 Å². The summed E-state index contributed by atoms with van der Waals surface area (Å²) >= 11 is 0. The second-order valence-corrected chi connectivity index (χ2v) is 3.37. The second-order valence-electron chi connectivity index (χ2n) is 3.37. The lowest BCUT2D eigenvalue weighted by atomic mass is 10.1. The maximum atomic E-state index is 11.2. The van der Waals surface area contributed by atoms with Crippen LogP contribution in [0, 0.1) is 0 Å². The smallest absolute Gasteiger partial charge is 0.221 e. The van der Waals surface area contributed by atoms with Gasteiger partial charge in [0.05, 0.1) is 0 Å². The van der Waals surface area contributed by atoms with E-state index in [4.69, 9.17) is 4.74 Å². The number of nitrogens with one attached hydrogen (secondary N) is 1. The van der Waals surface area contributed by atoms with Gasteiger partial charge in [-0.05, 0) is 18.4 Å². The number of carbonyl (C=O) groups is 1. The van der Waals surface area contributed by atoms with Gasteiger partial charge in [0, 0.05) is 13.5 Å². The average Bonchev–Trinajstić information content (AvgIpc) is 2.28. The number of aryl methyl sites for hydroxylation is 1. The molecular formula is C12H17NO2. The normalized spacial score (nSPS) is 9.93. The number of hydrogen-bond donors (Lipinski definition) is 1. The summed E-state index contributed by atoms with van der Waals surface area (Å²) in [6.45, 7) is 0.296. The predicted molar refractivity (Wildman–Crippen MR) is 59.4 cm³/mol. The lowest BCUT2D eigenvalue weighted by Gasteiger charge is -2.03. The van der Waals surface area contributed by atoms with Crippen molar-refractivity contribution in [3.05, 3.63) is 35.9 Å². The molecule has 0 saturated heterocycles. The van der Waals surface area contributed by atoms with Crippen LogP contribution in [-0.2, 0) is 16.0 Å². The van der Waals surface area contributed by atoms with Crippen molar-refractivity contribution in [1.29, 1.82) is 0 Å². The molecule has 0 spiro atoms. The maximum absolute atomic E-state index is 11.2. The van der Waals surface area contributed by atoms with Crippen LogP contribution in [0.15, 0.2) is 30.3 Å². The van der Waals surface area contributed by atoms with Gasteiger partial charge >= 0.3 is 0 Å². The minimum absolute atomic E-state index is 0.0489. The Bertz CT molecular complexity index is 285. The summed E-state index contributed by atoms with van der Waals surface area (Å²) in [4.78, 5) is 11.2. The number of benzene rings is 1. The third-order valence-corrected chi connectivity index (χ3v) is 2.13. The van der Waals surface area contributed by atoms with E-state index >= 15 is 0 Å². The molecule has 1 amide bonds. The number of methoxy groups -OCH3 is 1. The Hall–Kier alpha value is -1.35. The maximum Gasteiger partial charge on any atom is 0.221 e. The highest BCUT2D eigenvalue weighted by Crippen LogP contribution is 2.04. The molecular weight excluding hydrogens is 190 g/mol. The summed E-state index contributed by atoms with van der Waals surface area (Å²) < 4.78 is 4.75. The molecule has 3 nitrogen and oxygen atoms in total. The molecule has 1 N–H and O–H groups in total. The number of amides is 1.